The Morgan fingerprint density at radius 2 is 1.49 bits per heavy atom. The molecule has 5 rings (SSSR count). The maximum Gasteiger partial charge on any atom is 0.267 e. The second-order valence-corrected chi connectivity index (χ2v) is 8.56. The van der Waals surface area contributed by atoms with Crippen LogP contribution in [0.3, 0.4) is 0 Å². The van der Waals surface area contributed by atoms with Crippen LogP contribution in [0, 0.1) is 6.92 Å². The van der Waals surface area contributed by atoms with Crippen molar-refractivity contribution in [2.24, 2.45) is 0 Å². The zero-order chi connectivity index (χ0) is 25.6. The molecular weight excluding hydrogens is 462 g/mol. The van der Waals surface area contributed by atoms with Gasteiger partial charge in [0.25, 0.3) is 11.5 Å². The third-order valence-electron chi connectivity index (χ3n) is 6.07. The summed E-state index contributed by atoms with van der Waals surface area (Å²) in [4.78, 5) is 25.3. The standard InChI is InChI=1S/C31H25N3O3/c1-21-28(23-16-18-24(19-17-23)31(36)32-20-22-10-4-2-5-11-22)29(33-34-30(21)35)26-14-8-9-15-27(26)37-25-12-6-3-7-13-25/h2-19H,20H2,1H3,(H,32,36)(H,34,35). The van der Waals surface area contributed by atoms with E-state index in [-0.39, 0.29) is 11.5 Å². The highest BCUT2D eigenvalue weighted by atomic mass is 16.5. The molecule has 6 heteroatoms. The highest BCUT2D eigenvalue weighted by Crippen LogP contribution is 2.38. The highest BCUT2D eigenvalue weighted by molar-refractivity contribution is 5.95. The fraction of sp³-hybridized carbons (Fsp3) is 0.0645. The Kier molecular flexibility index (Phi) is 6.90. The van der Waals surface area contributed by atoms with Crippen molar-refractivity contribution in [3.63, 3.8) is 0 Å². The minimum absolute atomic E-state index is 0.169. The molecular formula is C31H25N3O3. The topological polar surface area (TPSA) is 84.1 Å². The van der Waals surface area contributed by atoms with Crippen LogP contribution < -0.4 is 15.6 Å². The number of amides is 1. The predicted molar refractivity (Wildman–Crippen MR) is 145 cm³/mol. The predicted octanol–water partition coefficient (Wildman–Crippen LogP) is 6.13. The minimum atomic E-state index is -0.273. The second kappa shape index (κ2) is 10.7. The highest BCUT2D eigenvalue weighted by Gasteiger charge is 2.19. The molecule has 0 atom stereocenters. The molecule has 0 radical (unpaired) electrons. The molecule has 5 aromatic rings. The summed E-state index contributed by atoms with van der Waals surface area (Å²) < 4.78 is 6.15. The van der Waals surface area contributed by atoms with E-state index in [1.54, 1.807) is 19.1 Å². The van der Waals surface area contributed by atoms with Crippen LogP contribution in [-0.4, -0.2) is 16.1 Å². The van der Waals surface area contributed by atoms with Crippen LogP contribution >= 0.6 is 0 Å². The number of carbonyl (C=O) groups is 1. The summed E-state index contributed by atoms with van der Waals surface area (Å²) >= 11 is 0. The smallest absolute Gasteiger partial charge is 0.267 e. The first kappa shape index (κ1) is 23.8. The van der Waals surface area contributed by atoms with Crippen molar-refractivity contribution in [1.82, 2.24) is 15.5 Å². The lowest BCUT2D eigenvalue weighted by Gasteiger charge is -2.15. The van der Waals surface area contributed by atoms with Gasteiger partial charge in [0, 0.05) is 28.8 Å². The monoisotopic (exact) mass is 487 g/mol. The van der Waals surface area contributed by atoms with E-state index >= 15 is 0 Å². The molecule has 182 valence electrons. The lowest BCUT2D eigenvalue weighted by Crippen LogP contribution is -2.22. The Morgan fingerprint density at radius 1 is 0.838 bits per heavy atom. The van der Waals surface area contributed by atoms with E-state index in [0.29, 0.717) is 40.4 Å². The van der Waals surface area contributed by atoms with Crippen molar-refractivity contribution in [3.8, 4) is 33.9 Å². The van der Waals surface area contributed by atoms with Crippen molar-refractivity contribution in [2.75, 3.05) is 0 Å². The Hall–Kier alpha value is -4.97. The third-order valence-corrected chi connectivity index (χ3v) is 6.07. The van der Waals surface area contributed by atoms with Gasteiger partial charge in [-0.2, -0.15) is 5.10 Å². The summed E-state index contributed by atoms with van der Waals surface area (Å²) in [6.07, 6.45) is 0. The summed E-state index contributed by atoms with van der Waals surface area (Å²) in [5.41, 5.74) is 4.61. The van der Waals surface area contributed by atoms with Gasteiger partial charge in [0.2, 0.25) is 0 Å². The molecule has 4 aromatic carbocycles. The van der Waals surface area contributed by atoms with Gasteiger partial charge in [-0.1, -0.05) is 72.8 Å². The van der Waals surface area contributed by atoms with Crippen LogP contribution in [0.5, 0.6) is 11.5 Å². The van der Waals surface area contributed by atoms with Gasteiger partial charge in [-0.3, -0.25) is 9.59 Å². The first-order valence-electron chi connectivity index (χ1n) is 11.9. The molecule has 0 aliphatic rings. The van der Waals surface area contributed by atoms with E-state index in [9.17, 15) is 9.59 Å². The van der Waals surface area contributed by atoms with E-state index < -0.39 is 0 Å². The number of carbonyl (C=O) groups excluding carboxylic acids is 1. The molecule has 0 bridgehead atoms. The number of nitrogens with zero attached hydrogens (tertiary/aromatic N) is 1. The fourth-order valence-corrected chi connectivity index (χ4v) is 4.12. The summed E-state index contributed by atoms with van der Waals surface area (Å²) in [6, 6.07) is 34.0. The number of benzene rings is 4. The molecule has 0 saturated carbocycles. The first-order valence-corrected chi connectivity index (χ1v) is 11.9. The number of aromatic nitrogens is 2. The first-order chi connectivity index (χ1) is 18.1. The van der Waals surface area contributed by atoms with E-state index in [0.717, 1.165) is 16.7 Å². The average molecular weight is 488 g/mol. The summed E-state index contributed by atoms with van der Waals surface area (Å²) in [7, 11) is 0. The van der Waals surface area contributed by atoms with Crippen LogP contribution in [0.15, 0.2) is 114 Å². The van der Waals surface area contributed by atoms with Gasteiger partial charge < -0.3 is 10.1 Å². The number of rotatable bonds is 7. The number of para-hydroxylation sites is 2. The molecule has 6 nitrogen and oxygen atoms in total. The maximum absolute atomic E-state index is 12.7. The lowest BCUT2D eigenvalue weighted by molar-refractivity contribution is 0.0951. The molecule has 0 aliphatic heterocycles. The zero-order valence-corrected chi connectivity index (χ0v) is 20.3. The van der Waals surface area contributed by atoms with Gasteiger partial charge in [-0.25, -0.2) is 5.10 Å². The number of ether oxygens (including phenoxy) is 1. The molecule has 1 heterocycles. The number of H-pyrrole nitrogens is 1. The van der Waals surface area contributed by atoms with Gasteiger partial charge in [0.15, 0.2) is 0 Å². The molecule has 2 N–H and O–H groups in total. The van der Waals surface area contributed by atoms with Crippen molar-refractivity contribution in [2.45, 2.75) is 13.5 Å². The van der Waals surface area contributed by atoms with Crippen LogP contribution in [-0.2, 0) is 6.54 Å². The summed E-state index contributed by atoms with van der Waals surface area (Å²) in [5.74, 6) is 1.15. The molecule has 0 fully saturated rings. The SMILES string of the molecule is Cc1c(-c2ccc(C(=O)NCc3ccccc3)cc2)c(-c2ccccc2Oc2ccccc2)n[nH]c1=O. The van der Waals surface area contributed by atoms with E-state index in [4.69, 9.17) is 4.74 Å². The van der Waals surface area contributed by atoms with Gasteiger partial charge in [-0.05, 0) is 54.4 Å². The second-order valence-electron chi connectivity index (χ2n) is 8.56. The zero-order valence-electron chi connectivity index (χ0n) is 20.3. The Balaban J connectivity index is 1.47. The summed E-state index contributed by atoms with van der Waals surface area (Å²) in [5, 5.41) is 9.96. The Labute approximate surface area is 214 Å². The number of nitrogens with one attached hydrogen (secondary N) is 2. The summed E-state index contributed by atoms with van der Waals surface area (Å²) in [6.45, 7) is 2.21. The number of aromatic amines is 1. The number of hydrogen-bond donors (Lipinski definition) is 2. The van der Waals surface area contributed by atoms with Crippen LogP contribution in [0.2, 0.25) is 0 Å². The fourth-order valence-electron chi connectivity index (χ4n) is 4.12. The average Bonchev–Trinajstić information content (AvgIpc) is 2.95. The molecule has 0 spiro atoms. The molecule has 1 amide bonds. The number of hydrogen-bond acceptors (Lipinski definition) is 4. The van der Waals surface area contributed by atoms with E-state index in [1.807, 2.05) is 97.1 Å². The molecule has 0 aliphatic carbocycles. The van der Waals surface area contributed by atoms with Crippen LogP contribution in [0.4, 0.5) is 0 Å². The maximum atomic E-state index is 12.7. The van der Waals surface area contributed by atoms with Gasteiger partial charge in [-0.15, -0.1) is 0 Å². The van der Waals surface area contributed by atoms with E-state index in [1.165, 1.54) is 0 Å². The van der Waals surface area contributed by atoms with Gasteiger partial charge >= 0.3 is 0 Å². The largest absolute Gasteiger partial charge is 0.457 e. The molecule has 37 heavy (non-hydrogen) atoms. The minimum Gasteiger partial charge on any atom is -0.457 e. The van der Waals surface area contributed by atoms with Crippen molar-refractivity contribution >= 4 is 5.91 Å². The Bertz CT molecular complexity index is 1580. The molecule has 1 aromatic heterocycles. The molecule has 0 saturated heterocycles. The van der Waals surface area contributed by atoms with Crippen LogP contribution in [0.1, 0.15) is 21.5 Å². The third kappa shape index (κ3) is 5.33. The van der Waals surface area contributed by atoms with Crippen molar-refractivity contribution < 1.29 is 9.53 Å². The van der Waals surface area contributed by atoms with Crippen LogP contribution in [0.25, 0.3) is 22.4 Å². The normalized spacial score (nSPS) is 10.6. The van der Waals surface area contributed by atoms with Crippen molar-refractivity contribution in [3.05, 3.63) is 136 Å². The van der Waals surface area contributed by atoms with E-state index in [2.05, 4.69) is 15.5 Å². The lowest BCUT2D eigenvalue weighted by atomic mass is 9.95. The van der Waals surface area contributed by atoms with Gasteiger partial charge in [0.05, 0.1) is 0 Å². The van der Waals surface area contributed by atoms with Crippen molar-refractivity contribution in [1.29, 1.82) is 0 Å². The molecule has 0 unspecified atom stereocenters. The van der Waals surface area contributed by atoms with Gasteiger partial charge in [0.1, 0.15) is 17.2 Å². The Morgan fingerprint density at radius 3 is 2.22 bits per heavy atom. The quantitative estimate of drug-likeness (QED) is 0.289.